The van der Waals surface area contributed by atoms with Gasteiger partial charge in [-0.15, -0.1) is 18.7 Å². The minimum absolute atomic E-state index is 0.0806. The van der Waals surface area contributed by atoms with Crippen molar-refractivity contribution >= 4 is 6.21 Å². The van der Waals surface area contributed by atoms with E-state index in [0.717, 1.165) is 17.4 Å². The fourth-order valence-electron chi connectivity index (χ4n) is 1.09. The van der Waals surface area contributed by atoms with Gasteiger partial charge in [-0.2, -0.15) is 0 Å². The number of allylic oxidation sites excluding steroid dienone is 1. The zero-order chi connectivity index (χ0) is 11.9. The molecule has 0 bridgehead atoms. The van der Waals surface area contributed by atoms with E-state index in [9.17, 15) is 23.3 Å². The van der Waals surface area contributed by atoms with Gasteiger partial charge >= 0.3 is 12.0 Å². The van der Waals surface area contributed by atoms with Gasteiger partial charge < -0.3 is 0 Å². The molecule has 0 radical (unpaired) electrons. The standard InChI is InChI=1S/C6H4F3N5O2/c7-6(8,9)13-3-5-10-1-4(14(15)16)2-12(5)11-13/h1-3,11H. The Morgan fingerprint density at radius 1 is 1.44 bits per heavy atom. The Hall–Kier alpha value is -2.10. The van der Waals surface area contributed by atoms with E-state index >= 15 is 0 Å². The van der Waals surface area contributed by atoms with Gasteiger partial charge in [0.1, 0.15) is 12.4 Å². The monoisotopic (exact) mass is 235 g/mol. The second-order valence-corrected chi connectivity index (χ2v) is 2.86. The Bertz CT molecular complexity index is 426. The van der Waals surface area contributed by atoms with Crippen molar-refractivity contribution in [3.8, 4) is 0 Å². The molecule has 16 heavy (non-hydrogen) atoms. The van der Waals surface area contributed by atoms with Crippen LogP contribution in [0.15, 0.2) is 28.9 Å². The number of hydrogen-bond acceptors (Lipinski definition) is 6. The molecule has 0 atom stereocenters. The average molecular weight is 235 g/mol. The van der Waals surface area contributed by atoms with E-state index < -0.39 is 16.9 Å². The molecule has 0 fully saturated rings. The predicted molar refractivity (Wildman–Crippen MR) is 44.5 cm³/mol. The van der Waals surface area contributed by atoms with Crippen LogP contribution in [0.4, 0.5) is 13.2 Å². The van der Waals surface area contributed by atoms with Crippen LogP contribution in [0, 0.1) is 10.1 Å². The van der Waals surface area contributed by atoms with Crippen LogP contribution in [0.25, 0.3) is 0 Å². The lowest BCUT2D eigenvalue weighted by Gasteiger charge is -2.22. The van der Waals surface area contributed by atoms with Crippen molar-refractivity contribution in [1.29, 1.82) is 0 Å². The van der Waals surface area contributed by atoms with E-state index in [4.69, 9.17) is 0 Å². The summed E-state index contributed by atoms with van der Waals surface area (Å²) in [7, 11) is 0. The van der Waals surface area contributed by atoms with E-state index in [1.807, 2.05) is 5.53 Å². The molecule has 0 saturated carbocycles. The minimum atomic E-state index is -4.62. The third-order valence-corrected chi connectivity index (χ3v) is 1.78. The Kier molecular flexibility index (Phi) is 2.08. The van der Waals surface area contributed by atoms with Gasteiger partial charge in [-0.05, 0) is 0 Å². The number of aliphatic imine (C=N–C) groups is 1. The molecular weight excluding hydrogens is 231 g/mol. The van der Waals surface area contributed by atoms with Gasteiger partial charge in [-0.1, -0.05) is 0 Å². The first-order valence-electron chi connectivity index (χ1n) is 3.91. The fraction of sp³-hybridized carbons (Fsp3) is 0.167. The number of nitrogens with one attached hydrogen (secondary N) is 1. The molecule has 0 spiro atoms. The highest BCUT2D eigenvalue weighted by Crippen LogP contribution is 2.27. The number of alkyl halides is 3. The van der Waals surface area contributed by atoms with E-state index in [1.165, 1.54) is 0 Å². The second kappa shape index (κ2) is 3.20. The van der Waals surface area contributed by atoms with Gasteiger partial charge in [-0.25, -0.2) is 15.0 Å². The molecule has 0 saturated heterocycles. The first-order valence-corrected chi connectivity index (χ1v) is 3.91. The predicted octanol–water partition coefficient (Wildman–Crippen LogP) is 0.545. The average Bonchev–Trinajstić information content (AvgIpc) is 2.58. The molecular formula is C6H4F3N5O2. The molecule has 86 valence electrons. The van der Waals surface area contributed by atoms with Gasteiger partial charge in [0.15, 0.2) is 5.82 Å². The van der Waals surface area contributed by atoms with Crippen LogP contribution in [-0.4, -0.2) is 27.5 Å². The van der Waals surface area contributed by atoms with E-state index in [1.54, 1.807) is 0 Å². The quantitative estimate of drug-likeness (QED) is 0.408. The molecule has 10 heteroatoms. The number of halogens is 3. The number of nitro groups is 1. The summed E-state index contributed by atoms with van der Waals surface area (Å²) < 4.78 is 36.7. The molecule has 0 amide bonds. The summed E-state index contributed by atoms with van der Waals surface area (Å²) in [6.07, 6.45) is -2.15. The van der Waals surface area contributed by atoms with Crippen molar-refractivity contribution in [2.75, 3.05) is 0 Å². The third kappa shape index (κ3) is 1.69. The number of hydrogen-bond donors (Lipinski definition) is 1. The zero-order valence-electron chi connectivity index (χ0n) is 7.47. The lowest BCUT2D eigenvalue weighted by atomic mass is 10.4. The highest BCUT2D eigenvalue weighted by molar-refractivity contribution is 5.77. The van der Waals surface area contributed by atoms with Crippen LogP contribution in [0.5, 0.6) is 0 Å². The second-order valence-electron chi connectivity index (χ2n) is 2.86. The van der Waals surface area contributed by atoms with Crippen LogP contribution < -0.4 is 5.53 Å². The maximum atomic E-state index is 12.2. The van der Waals surface area contributed by atoms with Crippen LogP contribution in [0.1, 0.15) is 0 Å². The molecule has 2 aliphatic rings. The summed E-state index contributed by atoms with van der Waals surface area (Å²) in [4.78, 5) is 13.1. The molecule has 1 N–H and O–H groups in total. The van der Waals surface area contributed by atoms with Crippen molar-refractivity contribution in [2.24, 2.45) is 4.99 Å². The smallest absolute Gasteiger partial charge is 0.258 e. The number of rotatable bonds is 1. The molecule has 7 nitrogen and oxygen atoms in total. The number of hydrazine groups is 2. The largest absolute Gasteiger partial charge is 0.500 e. The van der Waals surface area contributed by atoms with Crippen molar-refractivity contribution in [1.82, 2.24) is 15.6 Å². The van der Waals surface area contributed by atoms with Gasteiger partial charge in [0, 0.05) is 0 Å². The Labute approximate surface area is 86.2 Å². The Morgan fingerprint density at radius 2 is 2.12 bits per heavy atom. The number of nitrogens with zero attached hydrogens (tertiary/aromatic N) is 4. The third-order valence-electron chi connectivity index (χ3n) is 1.78. The maximum Gasteiger partial charge on any atom is 0.500 e. The molecule has 2 rings (SSSR count). The SMILES string of the molecule is O=[N+]([O-])C1=CN2NN(C(F)(F)F)C=C2N=C1. The van der Waals surface area contributed by atoms with Gasteiger partial charge in [0.2, 0.25) is 0 Å². The van der Waals surface area contributed by atoms with E-state index in [0.29, 0.717) is 6.20 Å². The normalized spacial score (nSPS) is 19.4. The molecule has 2 aliphatic heterocycles. The minimum Gasteiger partial charge on any atom is -0.258 e. The summed E-state index contributed by atoms with van der Waals surface area (Å²) in [5, 5.41) is 11.0. The summed E-state index contributed by atoms with van der Waals surface area (Å²) >= 11 is 0. The first kappa shape index (κ1) is 10.4. The summed E-state index contributed by atoms with van der Waals surface area (Å²) in [5.74, 6) is -0.0806. The summed E-state index contributed by atoms with van der Waals surface area (Å²) in [5.41, 5.74) is 1.46. The highest BCUT2D eigenvalue weighted by Gasteiger charge is 2.41. The Balaban J connectivity index is 2.22. The van der Waals surface area contributed by atoms with Gasteiger partial charge in [0.05, 0.1) is 11.1 Å². The van der Waals surface area contributed by atoms with Crippen LogP contribution in [0.2, 0.25) is 0 Å². The summed E-state index contributed by atoms with van der Waals surface area (Å²) in [6.45, 7) is 0. The molecule has 0 aliphatic carbocycles. The van der Waals surface area contributed by atoms with Gasteiger partial charge in [0.25, 0.3) is 0 Å². The number of fused-ring (bicyclic) bond motifs is 1. The topological polar surface area (TPSA) is 74.0 Å². The summed E-state index contributed by atoms with van der Waals surface area (Å²) in [6, 6.07) is 0. The Morgan fingerprint density at radius 3 is 2.69 bits per heavy atom. The lowest BCUT2D eigenvalue weighted by molar-refractivity contribution is -0.415. The molecule has 0 aromatic carbocycles. The fourth-order valence-corrected chi connectivity index (χ4v) is 1.09. The lowest BCUT2D eigenvalue weighted by Crippen LogP contribution is -2.45. The van der Waals surface area contributed by atoms with Gasteiger partial charge in [-0.3, -0.25) is 10.1 Å². The molecule has 0 unspecified atom stereocenters. The van der Waals surface area contributed by atoms with Crippen LogP contribution >= 0.6 is 0 Å². The van der Waals surface area contributed by atoms with Crippen molar-refractivity contribution in [3.63, 3.8) is 0 Å². The zero-order valence-corrected chi connectivity index (χ0v) is 7.47. The van der Waals surface area contributed by atoms with Crippen molar-refractivity contribution < 1.29 is 18.1 Å². The van der Waals surface area contributed by atoms with E-state index in [2.05, 4.69) is 4.99 Å². The molecule has 2 heterocycles. The van der Waals surface area contributed by atoms with Crippen LogP contribution in [0.3, 0.4) is 0 Å². The maximum absolute atomic E-state index is 12.2. The molecule has 0 aromatic rings. The van der Waals surface area contributed by atoms with Crippen molar-refractivity contribution in [3.05, 3.63) is 34.0 Å². The highest BCUT2D eigenvalue weighted by atomic mass is 19.4. The first-order chi connectivity index (χ1) is 7.38. The van der Waals surface area contributed by atoms with Crippen LogP contribution in [-0.2, 0) is 0 Å². The molecule has 0 aromatic heterocycles. The van der Waals surface area contributed by atoms with Crippen molar-refractivity contribution in [2.45, 2.75) is 6.30 Å². The van der Waals surface area contributed by atoms with E-state index in [-0.39, 0.29) is 10.8 Å².